The van der Waals surface area contributed by atoms with Crippen molar-refractivity contribution in [1.29, 1.82) is 0 Å². The Labute approximate surface area is 113 Å². The van der Waals surface area contributed by atoms with Crippen molar-refractivity contribution in [3.8, 4) is 0 Å². The Balaban J connectivity index is 2.38. The van der Waals surface area contributed by atoms with Crippen molar-refractivity contribution in [2.24, 2.45) is 0 Å². The first-order chi connectivity index (χ1) is 9.09. The van der Waals surface area contributed by atoms with Crippen LogP contribution >= 0.6 is 0 Å². The van der Waals surface area contributed by atoms with Crippen LogP contribution in [0.25, 0.3) is 0 Å². The minimum absolute atomic E-state index is 0.0329. The molecule has 0 heterocycles. The lowest BCUT2D eigenvalue weighted by Crippen LogP contribution is -2.09. The summed E-state index contributed by atoms with van der Waals surface area (Å²) in [6.45, 7) is 3.69. The minimum Gasteiger partial charge on any atom is -0.393 e. The number of hydrogen-bond donors (Lipinski definition) is 1. The molecule has 1 atom stereocenters. The predicted molar refractivity (Wildman–Crippen MR) is 76.4 cm³/mol. The van der Waals surface area contributed by atoms with E-state index < -0.39 is 6.10 Å². The van der Waals surface area contributed by atoms with E-state index in [9.17, 15) is 9.90 Å². The molecule has 0 saturated carbocycles. The third-order valence-electron chi connectivity index (χ3n) is 3.24. The summed E-state index contributed by atoms with van der Waals surface area (Å²) < 4.78 is 0. The summed E-state index contributed by atoms with van der Waals surface area (Å²) in [6.07, 6.45) is 0.169. The first kappa shape index (κ1) is 13.5. The molecule has 2 rings (SSSR count). The number of aliphatic hydroxyl groups is 1. The van der Waals surface area contributed by atoms with Gasteiger partial charge in [-0.1, -0.05) is 48.5 Å². The van der Waals surface area contributed by atoms with E-state index in [1.54, 1.807) is 6.92 Å². The maximum Gasteiger partial charge on any atom is 0.193 e. The second-order valence-corrected chi connectivity index (χ2v) is 4.84. The van der Waals surface area contributed by atoms with Crippen molar-refractivity contribution >= 4 is 5.78 Å². The monoisotopic (exact) mass is 254 g/mol. The molecule has 0 radical (unpaired) electrons. The first-order valence-electron chi connectivity index (χ1n) is 6.46. The molecule has 2 heteroatoms. The lowest BCUT2D eigenvalue weighted by atomic mass is 9.93. The van der Waals surface area contributed by atoms with E-state index in [1.165, 1.54) is 0 Å². The molecule has 1 N–H and O–H groups in total. The zero-order chi connectivity index (χ0) is 13.8. The van der Waals surface area contributed by atoms with Crippen LogP contribution < -0.4 is 0 Å². The highest BCUT2D eigenvalue weighted by Gasteiger charge is 2.14. The lowest BCUT2D eigenvalue weighted by molar-refractivity contribution is 0.103. The average molecular weight is 254 g/mol. The second-order valence-electron chi connectivity index (χ2n) is 4.84. The summed E-state index contributed by atoms with van der Waals surface area (Å²) in [7, 11) is 0. The number of aliphatic hydroxyl groups excluding tert-OH is 1. The van der Waals surface area contributed by atoms with Gasteiger partial charge in [0.05, 0.1) is 6.10 Å². The van der Waals surface area contributed by atoms with Crippen LogP contribution in [0, 0.1) is 6.92 Å². The van der Waals surface area contributed by atoms with Gasteiger partial charge < -0.3 is 5.11 Å². The van der Waals surface area contributed by atoms with Crippen LogP contribution in [0.5, 0.6) is 0 Å². The summed E-state index contributed by atoms with van der Waals surface area (Å²) in [6, 6.07) is 14.9. The number of carbonyl (C=O) groups is 1. The van der Waals surface area contributed by atoms with Gasteiger partial charge in [0.15, 0.2) is 5.78 Å². The molecule has 0 bridgehead atoms. The molecular weight excluding hydrogens is 236 g/mol. The molecule has 0 fully saturated rings. The molecule has 0 aromatic heterocycles. The van der Waals surface area contributed by atoms with Gasteiger partial charge in [0.2, 0.25) is 0 Å². The molecule has 2 aromatic carbocycles. The molecule has 98 valence electrons. The fraction of sp³-hybridized carbons (Fsp3) is 0.235. The maximum atomic E-state index is 12.4. The molecular formula is C17H18O2. The summed E-state index contributed by atoms with van der Waals surface area (Å²) in [5.74, 6) is 0.0329. The molecule has 0 saturated heterocycles. The standard InChI is InChI=1S/C17H18O2/c1-12(18)11-15-9-6-10-16(13(15)2)17(19)14-7-4-3-5-8-14/h3-10,12,18H,11H2,1-2H3. The van der Waals surface area contributed by atoms with Crippen LogP contribution in [0.15, 0.2) is 48.5 Å². The van der Waals surface area contributed by atoms with Gasteiger partial charge in [-0.05, 0) is 31.4 Å². The van der Waals surface area contributed by atoms with E-state index in [2.05, 4.69) is 0 Å². The number of rotatable bonds is 4. The molecule has 0 aliphatic heterocycles. The molecule has 0 amide bonds. The molecule has 1 unspecified atom stereocenters. The van der Waals surface area contributed by atoms with E-state index in [0.29, 0.717) is 17.5 Å². The fourth-order valence-corrected chi connectivity index (χ4v) is 2.21. The van der Waals surface area contributed by atoms with E-state index in [-0.39, 0.29) is 5.78 Å². The summed E-state index contributed by atoms with van der Waals surface area (Å²) in [4.78, 5) is 12.4. The molecule has 2 aromatic rings. The zero-order valence-electron chi connectivity index (χ0n) is 11.3. The van der Waals surface area contributed by atoms with Gasteiger partial charge in [-0.2, -0.15) is 0 Å². The molecule has 0 aliphatic rings. The van der Waals surface area contributed by atoms with Crippen molar-refractivity contribution in [1.82, 2.24) is 0 Å². The molecule has 0 spiro atoms. The summed E-state index contributed by atoms with van der Waals surface area (Å²) in [5.41, 5.74) is 3.39. The fourth-order valence-electron chi connectivity index (χ4n) is 2.21. The summed E-state index contributed by atoms with van der Waals surface area (Å²) in [5, 5.41) is 9.49. The van der Waals surface area contributed by atoms with E-state index in [4.69, 9.17) is 0 Å². The van der Waals surface area contributed by atoms with Gasteiger partial charge in [0.1, 0.15) is 0 Å². The summed E-state index contributed by atoms with van der Waals surface area (Å²) >= 11 is 0. The molecule has 19 heavy (non-hydrogen) atoms. The normalized spacial score (nSPS) is 12.2. The predicted octanol–water partition coefficient (Wildman–Crippen LogP) is 3.15. The van der Waals surface area contributed by atoms with Crippen LogP contribution in [0.2, 0.25) is 0 Å². The Morgan fingerprint density at radius 3 is 2.42 bits per heavy atom. The Hall–Kier alpha value is -1.93. The van der Waals surface area contributed by atoms with Gasteiger partial charge in [0, 0.05) is 11.1 Å². The van der Waals surface area contributed by atoms with Crippen LogP contribution in [0.1, 0.15) is 34.0 Å². The lowest BCUT2D eigenvalue weighted by Gasteiger charge is -2.12. The van der Waals surface area contributed by atoms with Crippen LogP contribution in [0.4, 0.5) is 0 Å². The smallest absolute Gasteiger partial charge is 0.193 e. The van der Waals surface area contributed by atoms with Crippen molar-refractivity contribution in [3.05, 3.63) is 70.8 Å². The van der Waals surface area contributed by atoms with E-state index in [0.717, 1.165) is 11.1 Å². The third-order valence-corrected chi connectivity index (χ3v) is 3.24. The SMILES string of the molecule is Cc1c(CC(C)O)cccc1C(=O)c1ccccc1. The maximum absolute atomic E-state index is 12.4. The van der Waals surface area contributed by atoms with Crippen molar-refractivity contribution in [2.75, 3.05) is 0 Å². The van der Waals surface area contributed by atoms with Crippen LogP contribution in [-0.4, -0.2) is 17.0 Å². The second kappa shape index (κ2) is 5.81. The van der Waals surface area contributed by atoms with E-state index >= 15 is 0 Å². The largest absolute Gasteiger partial charge is 0.393 e. The van der Waals surface area contributed by atoms with Crippen LogP contribution in [-0.2, 0) is 6.42 Å². The third kappa shape index (κ3) is 3.09. The Kier molecular flexibility index (Phi) is 4.13. The van der Waals surface area contributed by atoms with Gasteiger partial charge in [-0.15, -0.1) is 0 Å². The number of ketones is 1. The Morgan fingerprint density at radius 2 is 1.79 bits per heavy atom. The zero-order valence-corrected chi connectivity index (χ0v) is 11.3. The highest BCUT2D eigenvalue weighted by Crippen LogP contribution is 2.19. The topological polar surface area (TPSA) is 37.3 Å². The Bertz CT molecular complexity index is 571. The number of benzene rings is 2. The average Bonchev–Trinajstić information content (AvgIpc) is 2.41. The molecule has 2 nitrogen and oxygen atoms in total. The molecule has 0 aliphatic carbocycles. The van der Waals surface area contributed by atoms with Gasteiger partial charge in [0.25, 0.3) is 0 Å². The van der Waals surface area contributed by atoms with E-state index in [1.807, 2.05) is 55.5 Å². The number of hydrogen-bond acceptors (Lipinski definition) is 2. The van der Waals surface area contributed by atoms with Gasteiger partial charge in [-0.3, -0.25) is 4.79 Å². The number of carbonyl (C=O) groups excluding carboxylic acids is 1. The minimum atomic E-state index is -0.402. The van der Waals surface area contributed by atoms with Crippen molar-refractivity contribution in [2.45, 2.75) is 26.4 Å². The van der Waals surface area contributed by atoms with Crippen molar-refractivity contribution in [3.63, 3.8) is 0 Å². The first-order valence-corrected chi connectivity index (χ1v) is 6.46. The van der Waals surface area contributed by atoms with Crippen molar-refractivity contribution < 1.29 is 9.90 Å². The Morgan fingerprint density at radius 1 is 1.11 bits per heavy atom. The van der Waals surface area contributed by atoms with Gasteiger partial charge >= 0.3 is 0 Å². The highest BCUT2D eigenvalue weighted by atomic mass is 16.3. The quantitative estimate of drug-likeness (QED) is 0.851. The van der Waals surface area contributed by atoms with Crippen LogP contribution in [0.3, 0.4) is 0 Å². The highest BCUT2D eigenvalue weighted by molar-refractivity contribution is 6.10. The van der Waals surface area contributed by atoms with Gasteiger partial charge in [-0.25, -0.2) is 0 Å².